The molecule has 2 unspecified atom stereocenters. The van der Waals surface area contributed by atoms with E-state index in [1.54, 1.807) is 20.8 Å². The number of rotatable bonds is 9. The molecule has 4 rings (SSSR count). The predicted octanol–water partition coefficient (Wildman–Crippen LogP) is 3.74. The molecule has 3 aliphatic rings. The Labute approximate surface area is 232 Å². The molecule has 0 bridgehead atoms. The van der Waals surface area contributed by atoms with Crippen LogP contribution < -0.4 is 16.4 Å². The number of nitrogens with zero attached hydrogens (tertiary/aromatic N) is 1. The van der Waals surface area contributed by atoms with Gasteiger partial charge in [0.25, 0.3) is 5.91 Å². The molecule has 1 heterocycles. The van der Waals surface area contributed by atoms with E-state index in [1.807, 2.05) is 13.8 Å². The molecule has 3 amide bonds. The van der Waals surface area contributed by atoms with Crippen LogP contribution in [-0.4, -0.2) is 53.1 Å². The van der Waals surface area contributed by atoms with Crippen LogP contribution in [-0.2, 0) is 25.4 Å². The lowest BCUT2D eigenvalue weighted by atomic mass is 9.80. The highest BCUT2D eigenvalue weighted by molar-refractivity contribution is 6.37. The summed E-state index contributed by atoms with van der Waals surface area (Å²) >= 11 is 0. The molecule has 11 heteroatoms. The van der Waals surface area contributed by atoms with Crippen LogP contribution in [0, 0.1) is 28.6 Å². The van der Waals surface area contributed by atoms with Crippen LogP contribution in [0.25, 0.3) is 0 Å². The lowest BCUT2D eigenvalue weighted by Gasteiger charge is -2.38. The number of amides is 3. The molecule has 3 fully saturated rings. The summed E-state index contributed by atoms with van der Waals surface area (Å²) < 4.78 is 40.0. The summed E-state index contributed by atoms with van der Waals surface area (Å²) in [5.74, 6) is -2.80. The van der Waals surface area contributed by atoms with E-state index in [2.05, 4.69) is 10.6 Å². The van der Waals surface area contributed by atoms with Gasteiger partial charge in [0, 0.05) is 12.2 Å². The number of nitrogens with one attached hydrogen (secondary N) is 2. The standard InChI is InChI=1S/C29H39F3N4O4/c1-27(2,3)23(34-17-11-7-10-16(13-17)29(30,31)32)26(40)36-14-18-20(28(18,4)5)21(36)25(39)35-19(22(37)24(33)38)12-15-8-6-9-15/h7,10-11,13,15,18-21,23,34H,6,8-9,12,14H2,1-5H3,(H2,33,38)(H,35,39)/t18-,19?,20-,21?,23+/m0/s1. The number of hydrogen-bond donors (Lipinski definition) is 3. The normalized spacial score (nSPS) is 25.3. The molecule has 2 saturated carbocycles. The number of carbonyl (C=O) groups excluding carboxylic acids is 4. The van der Waals surface area contributed by atoms with E-state index in [0.717, 1.165) is 31.4 Å². The maximum Gasteiger partial charge on any atom is 0.416 e. The number of fused-ring (bicyclic) bond motifs is 1. The number of benzene rings is 1. The molecule has 0 radical (unpaired) electrons. The van der Waals surface area contributed by atoms with Crippen LogP contribution in [0.3, 0.4) is 0 Å². The Balaban J connectivity index is 1.59. The van der Waals surface area contributed by atoms with Crippen molar-refractivity contribution >= 4 is 29.2 Å². The van der Waals surface area contributed by atoms with Crippen LogP contribution in [0.4, 0.5) is 18.9 Å². The van der Waals surface area contributed by atoms with E-state index in [0.29, 0.717) is 13.0 Å². The van der Waals surface area contributed by atoms with Gasteiger partial charge < -0.3 is 21.3 Å². The first-order chi connectivity index (χ1) is 18.4. The second-order valence-electron chi connectivity index (χ2n) is 13.2. The van der Waals surface area contributed by atoms with Crippen molar-refractivity contribution in [3.8, 4) is 0 Å². The van der Waals surface area contributed by atoms with E-state index < -0.39 is 58.8 Å². The molecule has 0 aromatic heterocycles. The molecule has 220 valence electrons. The Morgan fingerprint density at radius 1 is 1.12 bits per heavy atom. The number of piperidine rings is 1. The summed E-state index contributed by atoms with van der Waals surface area (Å²) in [6.07, 6.45) is -1.40. The highest BCUT2D eigenvalue weighted by Crippen LogP contribution is 2.65. The summed E-state index contributed by atoms with van der Waals surface area (Å²) in [7, 11) is 0. The van der Waals surface area contributed by atoms with Crippen LogP contribution in [0.5, 0.6) is 0 Å². The first-order valence-corrected chi connectivity index (χ1v) is 13.8. The maximum atomic E-state index is 14.1. The van der Waals surface area contributed by atoms with E-state index >= 15 is 0 Å². The SMILES string of the molecule is CC(C)(C)[C@H](Nc1cccc(C(F)(F)F)c1)C(=O)N1C[C@H]2[C@@H](C1C(=O)NC(CC1CCC1)C(=O)C(N)=O)C2(C)C. The highest BCUT2D eigenvalue weighted by Gasteiger charge is 2.69. The third-order valence-corrected chi connectivity index (χ3v) is 9.04. The Morgan fingerprint density at radius 3 is 2.30 bits per heavy atom. The Kier molecular flexibility index (Phi) is 7.75. The number of anilines is 1. The molecule has 5 atom stereocenters. The summed E-state index contributed by atoms with van der Waals surface area (Å²) in [5.41, 5.74) is 3.65. The van der Waals surface area contributed by atoms with E-state index in [9.17, 15) is 32.3 Å². The van der Waals surface area contributed by atoms with Crippen molar-refractivity contribution in [2.45, 2.75) is 84.6 Å². The molecular formula is C29H39F3N4O4. The van der Waals surface area contributed by atoms with Gasteiger partial charge in [-0.1, -0.05) is 59.9 Å². The molecule has 1 saturated heterocycles. The van der Waals surface area contributed by atoms with Gasteiger partial charge in [-0.25, -0.2) is 0 Å². The zero-order chi connectivity index (χ0) is 29.8. The number of Topliss-reactive ketones (excluding diaryl/α,β-unsaturated/α-hetero) is 1. The van der Waals surface area contributed by atoms with Crippen LogP contribution >= 0.6 is 0 Å². The zero-order valence-corrected chi connectivity index (χ0v) is 23.6. The van der Waals surface area contributed by atoms with Crippen molar-refractivity contribution in [1.29, 1.82) is 0 Å². The van der Waals surface area contributed by atoms with Gasteiger partial charge in [-0.05, 0) is 53.2 Å². The summed E-state index contributed by atoms with van der Waals surface area (Å²) in [5, 5.41) is 5.74. The summed E-state index contributed by atoms with van der Waals surface area (Å²) in [6, 6.07) is 1.78. The number of carbonyl (C=O) groups is 4. The largest absolute Gasteiger partial charge is 0.416 e. The molecule has 4 N–H and O–H groups in total. The smallest absolute Gasteiger partial charge is 0.373 e. The Hall–Kier alpha value is -3.11. The number of primary amides is 1. The molecule has 0 spiro atoms. The van der Waals surface area contributed by atoms with Crippen molar-refractivity contribution in [3.63, 3.8) is 0 Å². The van der Waals surface area contributed by atoms with Crippen LogP contribution in [0.15, 0.2) is 24.3 Å². The number of likely N-dealkylation sites (tertiary alicyclic amines) is 1. The van der Waals surface area contributed by atoms with Gasteiger partial charge in [0.2, 0.25) is 17.6 Å². The van der Waals surface area contributed by atoms with Crippen molar-refractivity contribution in [2.24, 2.45) is 34.3 Å². The monoisotopic (exact) mass is 564 g/mol. The lowest BCUT2D eigenvalue weighted by molar-refractivity contribution is -0.144. The first kappa shape index (κ1) is 29.9. The number of alkyl halides is 3. The molecule has 1 aromatic carbocycles. The van der Waals surface area contributed by atoms with Crippen molar-refractivity contribution in [2.75, 3.05) is 11.9 Å². The minimum absolute atomic E-state index is 0.0540. The second-order valence-corrected chi connectivity index (χ2v) is 13.2. The average molecular weight is 565 g/mol. The van der Waals surface area contributed by atoms with Crippen LogP contribution in [0.1, 0.15) is 65.9 Å². The van der Waals surface area contributed by atoms with Crippen LogP contribution in [0.2, 0.25) is 0 Å². The van der Waals surface area contributed by atoms with Crippen molar-refractivity contribution in [1.82, 2.24) is 10.2 Å². The zero-order valence-electron chi connectivity index (χ0n) is 23.6. The Morgan fingerprint density at radius 2 is 1.77 bits per heavy atom. The first-order valence-electron chi connectivity index (χ1n) is 13.8. The molecule has 1 aliphatic heterocycles. The number of ketones is 1. The summed E-state index contributed by atoms with van der Waals surface area (Å²) in [4.78, 5) is 53.6. The Bertz CT molecular complexity index is 1190. The summed E-state index contributed by atoms with van der Waals surface area (Å²) in [6.45, 7) is 9.74. The minimum atomic E-state index is -4.54. The van der Waals surface area contributed by atoms with Crippen molar-refractivity contribution < 1.29 is 32.3 Å². The van der Waals surface area contributed by atoms with E-state index in [1.165, 1.54) is 17.0 Å². The fraction of sp³-hybridized carbons (Fsp3) is 0.655. The van der Waals surface area contributed by atoms with Gasteiger partial charge in [0.1, 0.15) is 12.1 Å². The van der Waals surface area contributed by atoms with Gasteiger partial charge >= 0.3 is 6.18 Å². The fourth-order valence-corrected chi connectivity index (χ4v) is 6.30. The quantitative estimate of drug-likeness (QED) is 0.395. The van der Waals surface area contributed by atoms with Crippen molar-refractivity contribution in [3.05, 3.63) is 29.8 Å². The fourth-order valence-electron chi connectivity index (χ4n) is 6.30. The van der Waals surface area contributed by atoms with Gasteiger partial charge in [-0.3, -0.25) is 19.2 Å². The molecular weight excluding hydrogens is 525 g/mol. The predicted molar refractivity (Wildman–Crippen MR) is 143 cm³/mol. The van der Waals surface area contributed by atoms with Gasteiger partial charge in [-0.15, -0.1) is 0 Å². The molecule has 8 nitrogen and oxygen atoms in total. The second kappa shape index (κ2) is 10.4. The minimum Gasteiger partial charge on any atom is -0.373 e. The molecule has 1 aromatic rings. The average Bonchev–Trinajstić information content (AvgIpc) is 3.15. The van der Waals surface area contributed by atoms with Gasteiger partial charge in [-0.2, -0.15) is 13.2 Å². The molecule has 40 heavy (non-hydrogen) atoms. The maximum absolute atomic E-state index is 14.1. The highest BCUT2D eigenvalue weighted by atomic mass is 19.4. The van der Waals surface area contributed by atoms with Gasteiger partial charge in [0.15, 0.2) is 0 Å². The lowest BCUT2D eigenvalue weighted by Crippen LogP contribution is -2.58. The number of hydrogen-bond acceptors (Lipinski definition) is 5. The number of nitrogens with two attached hydrogens (primary N) is 1. The van der Waals surface area contributed by atoms with E-state index in [-0.39, 0.29) is 28.9 Å². The third-order valence-electron chi connectivity index (χ3n) is 9.04. The van der Waals surface area contributed by atoms with Gasteiger partial charge in [0.05, 0.1) is 11.6 Å². The van der Waals surface area contributed by atoms with E-state index in [4.69, 9.17) is 5.73 Å². The molecule has 2 aliphatic carbocycles. The number of halogens is 3. The third kappa shape index (κ3) is 5.83. The topological polar surface area (TPSA) is 122 Å².